The molecule has 0 unspecified atom stereocenters. The van der Waals surface area contributed by atoms with Crippen molar-refractivity contribution in [3.63, 3.8) is 0 Å². The van der Waals surface area contributed by atoms with Crippen molar-refractivity contribution in [3.05, 3.63) is 40.2 Å². The number of benzene rings is 1. The van der Waals surface area contributed by atoms with Crippen LogP contribution in [-0.4, -0.2) is 10.9 Å². The number of fused-ring (bicyclic) bond motifs is 1. The lowest BCUT2D eigenvalue weighted by Crippen LogP contribution is -2.13. The Bertz CT molecular complexity index is 786. The molecular formula is C20H26N2O2. The summed E-state index contributed by atoms with van der Waals surface area (Å²) in [6.45, 7) is 4.15. The first kappa shape index (κ1) is 16.7. The number of carbonyl (C=O) groups is 1. The summed E-state index contributed by atoms with van der Waals surface area (Å²) < 4.78 is 0. The molecule has 2 aromatic rings. The van der Waals surface area contributed by atoms with Gasteiger partial charge in [0.15, 0.2) is 0 Å². The van der Waals surface area contributed by atoms with Crippen molar-refractivity contribution in [3.8, 4) is 0 Å². The van der Waals surface area contributed by atoms with E-state index in [4.69, 9.17) is 0 Å². The summed E-state index contributed by atoms with van der Waals surface area (Å²) in [5, 5.41) is 4.00. The summed E-state index contributed by atoms with van der Waals surface area (Å²) in [6, 6.07) is 7.41. The predicted molar refractivity (Wildman–Crippen MR) is 98.5 cm³/mol. The lowest BCUT2D eigenvalue weighted by molar-refractivity contribution is -0.116. The second-order valence-electron chi connectivity index (χ2n) is 7.24. The topological polar surface area (TPSA) is 62.0 Å². The third-order valence-electron chi connectivity index (χ3n) is 5.04. The summed E-state index contributed by atoms with van der Waals surface area (Å²) in [5.41, 5.74) is 2.46. The Hall–Kier alpha value is -2.10. The lowest BCUT2D eigenvalue weighted by Gasteiger charge is -2.12. The number of hydrogen-bond donors (Lipinski definition) is 2. The van der Waals surface area contributed by atoms with Gasteiger partial charge < -0.3 is 10.3 Å². The molecule has 1 aromatic carbocycles. The highest BCUT2D eigenvalue weighted by atomic mass is 16.1. The van der Waals surface area contributed by atoms with Gasteiger partial charge in [0.1, 0.15) is 0 Å². The standard InChI is InChI=1S/C20H26N2O2/c1-13(2)17-12-20(24)22-18-11-15(8-9-16(17)18)21-19(23)10-7-14-5-3-4-6-14/h8-9,11-14H,3-7,10H2,1-2H3,(H,21,23)(H,22,24). The first-order chi connectivity index (χ1) is 11.5. The van der Waals surface area contributed by atoms with Gasteiger partial charge in [0, 0.05) is 23.6 Å². The van der Waals surface area contributed by atoms with E-state index in [-0.39, 0.29) is 17.4 Å². The Morgan fingerprint density at radius 2 is 2.00 bits per heavy atom. The zero-order valence-corrected chi connectivity index (χ0v) is 14.5. The molecule has 1 aliphatic rings. The first-order valence-corrected chi connectivity index (χ1v) is 9.00. The molecule has 128 valence electrons. The quantitative estimate of drug-likeness (QED) is 0.846. The van der Waals surface area contributed by atoms with Crippen molar-refractivity contribution in [1.82, 2.24) is 4.98 Å². The van der Waals surface area contributed by atoms with Gasteiger partial charge in [-0.15, -0.1) is 0 Å². The molecule has 1 aromatic heterocycles. The minimum absolute atomic E-state index is 0.0589. The molecule has 2 N–H and O–H groups in total. The molecular weight excluding hydrogens is 300 g/mol. The second-order valence-corrected chi connectivity index (χ2v) is 7.24. The Kier molecular flexibility index (Phi) is 5.03. The zero-order chi connectivity index (χ0) is 17.1. The maximum atomic E-state index is 12.2. The minimum atomic E-state index is -0.101. The van der Waals surface area contributed by atoms with E-state index in [0.717, 1.165) is 34.5 Å². The van der Waals surface area contributed by atoms with Crippen LogP contribution >= 0.6 is 0 Å². The smallest absolute Gasteiger partial charge is 0.248 e. The molecule has 0 radical (unpaired) electrons. The van der Waals surface area contributed by atoms with Gasteiger partial charge in [-0.3, -0.25) is 9.59 Å². The van der Waals surface area contributed by atoms with Gasteiger partial charge in [0.25, 0.3) is 0 Å². The predicted octanol–water partition coefficient (Wildman–Crippen LogP) is 4.56. The number of carbonyl (C=O) groups excluding carboxylic acids is 1. The summed E-state index contributed by atoms with van der Waals surface area (Å²) >= 11 is 0. The van der Waals surface area contributed by atoms with Gasteiger partial charge in [-0.1, -0.05) is 45.6 Å². The van der Waals surface area contributed by atoms with Crippen LogP contribution in [0.5, 0.6) is 0 Å². The van der Waals surface area contributed by atoms with E-state index in [1.807, 2.05) is 18.2 Å². The molecule has 0 bridgehead atoms. The summed E-state index contributed by atoms with van der Waals surface area (Å²) in [7, 11) is 0. The maximum Gasteiger partial charge on any atom is 0.248 e. The average molecular weight is 326 g/mol. The zero-order valence-electron chi connectivity index (χ0n) is 14.5. The van der Waals surface area contributed by atoms with Crippen LogP contribution in [0.4, 0.5) is 5.69 Å². The number of aromatic nitrogens is 1. The number of anilines is 1. The molecule has 4 heteroatoms. The lowest BCUT2D eigenvalue weighted by atomic mass is 9.98. The number of rotatable bonds is 5. The number of hydrogen-bond acceptors (Lipinski definition) is 2. The highest BCUT2D eigenvalue weighted by Crippen LogP contribution is 2.29. The van der Waals surface area contributed by atoms with Gasteiger partial charge in [0.05, 0.1) is 5.52 Å². The van der Waals surface area contributed by atoms with Gasteiger partial charge >= 0.3 is 0 Å². The molecule has 0 saturated heterocycles. The molecule has 0 spiro atoms. The van der Waals surface area contributed by atoms with Crippen LogP contribution in [-0.2, 0) is 4.79 Å². The summed E-state index contributed by atoms with van der Waals surface area (Å²) in [5.74, 6) is 1.06. The Morgan fingerprint density at radius 1 is 1.25 bits per heavy atom. The van der Waals surface area contributed by atoms with E-state index >= 15 is 0 Å². The van der Waals surface area contributed by atoms with Gasteiger partial charge in [-0.25, -0.2) is 0 Å². The number of amides is 1. The second kappa shape index (κ2) is 7.20. The van der Waals surface area contributed by atoms with Crippen molar-refractivity contribution in [2.24, 2.45) is 5.92 Å². The van der Waals surface area contributed by atoms with E-state index in [1.54, 1.807) is 6.07 Å². The summed E-state index contributed by atoms with van der Waals surface area (Å²) in [4.78, 5) is 26.9. The van der Waals surface area contributed by atoms with Gasteiger partial charge in [0.2, 0.25) is 11.5 Å². The van der Waals surface area contributed by atoms with Crippen LogP contribution in [0.1, 0.15) is 63.9 Å². The fourth-order valence-electron chi connectivity index (χ4n) is 3.70. The highest BCUT2D eigenvalue weighted by Gasteiger charge is 2.16. The van der Waals surface area contributed by atoms with Gasteiger partial charge in [-0.2, -0.15) is 0 Å². The summed E-state index contributed by atoms with van der Waals surface area (Å²) in [6.07, 6.45) is 6.70. The molecule has 0 atom stereocenters. The van der Waals surface area contributed by atoms with Crippen molar-refractivity contribution in [2.75, 3.05) is 5.32 Å². The van der Waals surface area contributed by atoms with Crippen LogP contribution in [0, 0.1) is 5.92 Å². The molecule has 24 heavy (non-hydrogen) atoms. The Morgan fingerprint density at radius 3 is 2.71 bits per heavy atom. The molecule has 1 amide bonds. The molecule has 1 heterocycles. The van der Waals surface area contributed by atoms with Crippen LogP contribution in [0.15, 0.2) is 29.1 Å². The van der Waals surface area contributed by atoms with Crippen LogP contribution in [0.3, 0.4) is 0 Å². The Labute approximate surface area is 142 Å². The van der Waals surface area contributed by atoms with Crippen LogP contribution in [0.2, 0.25) is 0 Å². The molecule has 1 fully saturated rings. The number of aromatic amines is 1. The molecule has 1 aliphatic carbocycles. The number of pyridine rings is 1. The fourth-order valence-corrected chi connectivity index (χ4v) is 3.70. The van der Waals surface area contributed by atoms with Gasteiger partial charge in [-0.05, 0) is 36.0 Å². The maximum absolute atomic E-state index is 12.2. The SMILES string of the molecule is CC(C)c1cc(=O)[nH]c2cc(NC(=O)CCC3CCCC3)ccc12. The van der Waals surface area contributed by atoms with E-state index in [1.165, 1.54) is 25.7 Å². The fraction of sp³-hybridized carbons (Fsp3) is 0.500. The molecule has 3 rings (SSSR count). The third-order valence-corrected chi connectivity index (χ3v) is 5.04. The molecule has 1 saturated carbocycles. The third kappa shape index (κ3) is 3.86. The Balaban J connectivity index is 1.73. The monoisotopic (exact) mass is 326 g/mol. The highest BCUT2D eigenvalue weighted by molar-refractivity contribution is 5.94. The van der Waals surface area contributed by atoms with Crippen molar-refractivity contribution < 1.29 is 4.79 Å². The molecule has 4 nitrogen and oxygen atoms in total. The van der Waals surface area contributed by atoms with E-state index in [0.29, 0.717) is 6.42 Å². The van der Waals surface area contributed by atoms with Crippen molar-refractivity contribution in [2.45, 2.75) is 58.3 Å². The van der Waals surface area contributed by atoms with Crippen molar-refractivity contribution >= 4 is 22.5 Å². The van der Waals surface area contributed by atoms with E-state index in [2.05, 4.69) is 24.1 Å². The van der Waals surface area contributed by atoms with Crippen LogP contribution in [0.25, 0.3) is 10.9 Å². The molecule has 0 aliphatic heterocycles. The first-order valence-electron chi connectivity index (χ1n) is 9.00. The van der Waals surface area contributed by atoms with E-state index in [9.17, 15) is 9.59 Å². The normalized spacial score (nSPS) is 15.3. The van der Waals surface area contributed by atoms with Crippen LogP contribution < -0.4 is 10.9 Å². The minimum Gasteiger partial charge on any atom is -0.326 e. The van der Waals surface area contributed by atoms with Crippen molar-refractivity contribution in [1.29, 1.82) is 0 Å². The van der Waals surface area contributed by atoms with E-state index < -0.39 is 0 Å². The number of nitrogens with one attached hydrogen (secondary N) is 2. The largest absolute Gasteiger partial charge is 0.326 e. The number of H-pyrrole nitrogens is 1. The average Bonchev–Trinajstić information content (AvgIpc) is 3.05.